The van der Waals surface area contributed by atoms with Crippen LogP contribution in [0.5, 0.6) is 0 Å². The molecule has 0 saturated heterocycles. The number of non-ortho nitro benzene ring substituents is 1. The van der Waals surface area contributed by atoms with E-state index in [1.54, 1.807) is 12.1 Å². The molecule has 34 heavy (non-hydrogen) atoms. The number of aromatic nitrogens is 2. The van der Waals surface area contributed by atoms with Gasteiger partial charge < -0.3 is 20.9 Å². The Morgan fingerprint density at radius 3 is 2.50 bits per heavy atom. The first-order valence-electron chi connectivity index (χ1n) is 12.0. The van der Waals surface area contributed by atoms with E-state index in [2.05, 4.69) is 20.9 Å². The van der Waals surface area contributed by atoms with Crippen molar-refractivity contribution in [3.8, 4) is 0 Å². The Labute approximate surface area is 205 Å². The van der Waals surface area contributed by atoms with Crippen LogP contribution in [-0.2, 0) is 12.8 Å². The fraction of sp³-hybridized carbons (Fsp3) is 0.542. The number of hydrogen-bond donors (Lipinski definition) is 3. The first-order valence-corrected chi connectivity index (χ1v) is 12.4. The Balaban J connectivity index is 1.30. The van der Waals surface area contributed by atoms with Gasteiger partial charge in [0.25, 0.3) is 5.69 Å². The molecule has 0 spiro atoms. The summed E-state index contributed by atoms with van der Waals surface area (Å²) >= 11 is 5.49. The van der Waals surface area contributed by atoms with Gasteiger partial charge in [-0.2, -0.15) is 4.98 Å². The van der Waals surface area contributed by atoms with Crippen molar-refractivity contribution >= 4 is 40.5 Å². The number of anilines is 3. The molecule has 2 aliphatic carbocycles. The molecular weight excluding hydrogens is 450 g/mol. The van der Waals surface area contributed by atoms with Crippen molar-refractivity contribution in [3.05, 3.63) is 45.1 Å². The smallest absolute Gasteiger partial charge is 0.269 e. The Morgan fingerprint density at radius 2 is 1.82 bits per heavy atom. The highest BCUT2D eigenvalue weighted by atomic mass is 32.1. The molecular formula is C24H33N7O2S. The third-order valence-electron chi connectivity index (χ3n) is 6.65. The molecule has 1 aromatic carbocycles. The fourth-order valence-corrected chi connectivity index (χ4v) is 5.10. The zero-order valence-corrected chi connectivity index (χ0v) is 20.9. The van der Waals surface area contributed by atoms with E-state index in [0.717, 1.165) is 61.5 Å². The quantitative estimate of drug-likeness (QED) is 0.314. The van der Waals surface area contributed by atoms with Crippen LogP contribution in [0.25, 0.3) is 0 Å². The molecule has 1 fully saturated rings. The number of nitrogens with zero attached hydrogens (tertiary/aromatic N) is 4. The molecule has 4 rings (SSSR count). The second kappa shape index (κ2) is 10.5. The standard InChI is InChI=1S/C24H33N7O2S/c1-15-14-18(31(32)33)12-13-20(15)28-24(34)26-17-10-8-16(9-11-17)25-23-27-21-7-5-4-6-19(21)22(29-23)30(2)3/h12-14,16-17H,4-11H2,1-3H3,(H,25,27,29)(H2,26,28,34). The summed E-state index contributed by atoms with van der Waals surface area (Å²) in [4.78, 5) is 22.3. The Hall–Kier alpha value is -3.01. The number of nitro benzene ring substituents is 1. The third-order valence-corrected chi connectivity index (χ3v) is 6.87. The summed E-state index contributed by atoms with van der Waals surface area (Å²) in [5.41, 5.74) is 4.14. The number of hydrogen-bond acceptors (Lipinski definition) is 7. The number of thiocarbonyl (C=S) groups is 1. The Bertz CT molecular complexity index is 1070. The van der Waals surface area contributed by atoms with Crippen LogP contribution in [0, 0.1) is 17.0 Å². The molecule has 0 bridgehead atoms. The summed E-state index contributed by atoms with van der Waals surface area (Å²) in [6.45, 7) is 1.83. The van der Waals surface area contributed by atoms with Crippen LogP contribution < -0.4 is 20.9 Å². The number of benzene rings is 1. The van der Waals surface area contributed by atoms with Crippen molar-refractivity contribution in [3.63, 3.8) is 0 Å². The van der Waals surface area contributed by atoms with Crippen LogP contribution in [0.15, 0.2) is 18.2 Å². The van der Waals surface area contributed by atoms with E-state index in [4.69, 9.17) is 22.2 Å². The minimum atomic E-state index is -0.393. The van der Waals surface area contributed by atoms with Crippen LogP contribution in [0.4, 0.5) is 23.1 Å². The van der Waals surface area contributed by atoms with Gasteiger partial charge in [0.2, 0.25) is 5.95 Å². The van der Waals surface area contributed by atoms with Crippen molar-refractivity contribution in [2.24, 2.45) is 0 Å². The van der Waals surface area contributed by atoms with Crippen LogP contribution in [0.2, 0.25) is 0 Å². The molecule has 10 heteroatoms. The second-order valence-corrected chi connectivity index (χ2v) is 9.85. The molecule has 2 aliphatic rings. The molecule has 9 nitrogen and oxygen atoms in total. The summed E-state index contributed by atoms with van der Waals surface area (Å²) in [5, 5.41) is 21.6. The number of rotatable bonds is 6. The first-order chi connectivity index (χ1) is 16.3. The average molecular weight is 484 g/mol. The number of fused-ring (bicyclic) bond motifs is 1. The normalized spacial score (nSPS) is 19.6. The van der Waals surface area contributed by atoms with E-state index in [1.807, 2.05) is 21.0 Å². The van der Waals surface area contributed by atoms with Gasteiger partial charge in [0.05, 0.1) is 10.6 Å². The average Bonchev–Trinajstić information content (AvgIpc) is 2.81. The number of nitro groups is 1. The van der Waals surface area contributed by atoms with Crippen LogP contribution in [0.3, 0.4) is 0 Å². The van der Waals surface area contributed by atoms with Gasteiger partial charge in [0, 0.05) is 49.6 Å². The molecule has 0 aliphatic heterocycles. The van der Waals surface area contributed by atoms with Crippen molar-refractivity contribution in [1.29, 1.82) is 0 Å². The highest BCUT2D eigenvalue weighted by Gasteiger charge is 2.24. The van der Waals surface area contributed by atoms with Gasteiger partial charge in [0.1, 0.15) is 5.82 Å². The predicted octanol–water partition coefficient (Wildman–Crippen LogP) is 4.35. The number of aryl methyl sites for hydroxylation is 2. The van der Waals surface area contributed by atoms with E-state index in [-0.39, 0.29) is 11.7 Å². The molecule has 2 aromatic rings. The van der Waals surface area contributed by atoms with E-state index in [9.17, 15) is 10.1 Å². The molecule has 3 N–H and O–H groups in total. The summed E-state index contributed by atoms with van der Waals surface area (Å²) in [6.07, 6.45) is 8.50. The summed E-state index contributed by atoms with van der Waals surface area (Å²) in [7, 11) is 4.10. The molecule has 1 saturated carbocycles. The highest BCUT2D eigenvalue weighted by Crippen LogP contribution is 2.29. The summed E-state index contributed by atoms with van der Waals surface area (Å²) in [5.74, 6) is 1.78. The lowest BCUT2D eigenvalue weighted by Crippen LogP contribution is -2.42. The minimum absolute atomic E-state index is 0.0772. The highest BCUT2D eigenvalue weighted by molar-refractivity contribution is 7.80. The largest absolute Gasteiger partial charge is 0.362 e. The zero-order chi connectivity index (χ0) is 24.2. The van der Waals surface area contributed by atoms with Crippen LogP contribution in [-0.4, -0.2) is 46.2 Å². The first kappa shape index (κ1) is 24.1. The van der Waals surface area contributed by atoms with E-state index >= 15 is 0 Å². The van der Waals surface area contributed by atoms with Crippen molar-refractivity contribution in [2.75, 3.05) is 29.6 Å². The van der Waals surface area contributed by atoms with Crippen molar-refractivity contribution < 1.29 is 4.92 Å². The maximum atomic E-state index is 10.9. The van der Waals surface area contributed by atoms with Gasteiger partial charge in [-0.1, -0.05) is 0 Å². The maximum absolute atomic E-state index is 10.9. The zero-order valence-electron chi connectivity index (χ0n) is 20.1. The Morgan fingerprint density at radius 1 is 1.12 bits per heavy atom. The number of nitrogens with one attached hydrogen (secondary N) is 3. The maximum Gasteiger partial charge on any atom is 0.269 e. The van der Waals surface area contributed by atoms with Gasteiger partial charge in [-0.05, 0) is 82.1 Å². The van der Waals surface area contributed by atoms with Crippen LogP contribution >= 0.6 is 12.2 Å². The molecule has 1 aromatic heterocycles. The van der Waals surface area contributed by atoms with Crippen molar-refractivity contribution in [1.82, 2.24) is 15.3 Å². The molecule has 0 amide bonds. The van der Waals surface area contributed by atoms with Gasteiger partial charge in [0.15, 0.2) is 5.11 Å². The summed E-state index contributed by atoms with van der Waals surface area (Å²) < 4.78 is 0. The fourth-order valence-electron chi connectivity index (χ4n) is 4.82. The molecule has 182 valence electrons. The van der Waals surface area contributed by atoms with E-state index in [0.29, 0.717) is 11.2 Å². The van der Waals surface area contributed by atoms with Gasteiger partial charge >= 0.3 is 0 Å². The van der Waals surface area contributed by atoms with E-state index in [1.165, 1.54) is 30.2 Å². The minimum Gasteiger partial charge on any atom is -0.362 e. The van der Waals surface area contributed by atoms with E-state index < -0.39 is 4.92 Å². The van der Waals surface area contributed by atoms with Gasteiger partial charge in [-0.25, -0.2) is 4.98 Å². The lowest BCUT2D eigenvalue weighted by Gasteiger charge is -2.31. The lowest BCUT2D eigenvalue weighted by atomic mass is 9.91. The van der Waals surface area contributed by atoms with Crippen molar-refractivity contribution in [2.45, 2.75) is 70.4 Å². The molecule has 0 unspecified atom stereocenters. The van der Waals surface area contributed by atoms with Crippen LogP contribution in [0.1, 0.15) is 55.3 Å². The Kier molecular flexibility index (Phi) is 7.45. The third kappa shape index (κ3) is 5.72. The van der Waals surface area contributed by atoms with Gasteiger partial charge in [-0.15, -0.1) is 0 Å². The van der Waals surface area contributed by atoms with Gasteiger partial charge in [-0.3, -0.25) is 10.1 Å². The second-order valence-electron chi connectivity index (χ2n) is 9.45. The predicted molar refractivity (Wildman–Crippen MR) is 140 cm³/mol. The molecule has 0 radical (unpaired) electrons. The topological polar surface area (TPSA) is 108 Å². The SMILES string of the molecule is Cc1cc([N+](=O)[O-])ccc1NC(=S)NC1CCC(Nc2nc3c(c(N(C)C)n2)CCCC3)CC1. The molecule has 1 heterocycles. The summed E-state index contributed by atoms with van der Waals surface area (Å²) in [6, 6.07) is 5.36. The monoisotopic (exact) mass is 483 g/mol. The lowest BCUT2D eigenvalue weighted by molar-refractivity contribution is -0.384. The molecule has 0 atom stereocenters.